The van der Waals surface area contributed by atoms with Gasteiger partial charge in [0, 0.05) is 72.4 Å². The zero-order valence-corrected chi connectivity index (χ0v) is 17.5. The lowest BCUT2D eigenvalue weighted by molar-refractivity contribution is -0.130. The van der Waals surface area contributed by atoms with E-state index in [1.165, 1.54) is 6.26 Å². The first-order valence-electron chi connectivity index (χ1n) is 10.4. The lowest BCUT2D eigenvalue weighted by atomic mass is 10.3. The number of hydrogen-bond acceptors (Lipinski definition) is 5. The first-order chi connectivity index (χ1) is 14.1. The first kappa shape index (κ1) is 21.2. The summed E-state index contributed by atoms with van der Waals surface area (Å²) in [6.07, 6.45) is 1.53. The third-order valence-electron chi connectivity index (χ3n) is 5.43. The van der Waals surface area contributed by atoms with Gasteiger partial charge >= 0.3 is 0 Å². The van der Waals surface area contributed by atoms with E-state index in [0.29, 0.717) is 25.4 Å². The van der Waals surface area contributed by atoms with Crippen molar-refractivity contribution in [1.29, 1.82) is 0 Å². The van der Waals surface area contributed by atoms with Gasteiger partial charge in [-0.2, -0.15) is 0 Å². The number of aliphatic imine (C=N–C) groups is 1. The Morgan fingerprint density at radius 3 is 2.28 bits per heavy atom. The van der Waals surface area contributed by atoms with Gasteiger partial charge in [-0.3, -0.25) is 19.5 Å². The Morgan fingerprint density at radius 2 is 1.69 bits per heavy atom. The fourth-order valence-electron chi connectivity index (χ4n) is 3.69. The highest BCUT2D eigenvalue weighted by molar-refractivity contribution is 5.91. The molecule has 0 aromatic carbocycles. The Balaban J connectivity index is 1.46. The second kappa shape index (κ2) is 10.3. The lowest BCUT2D eigenvalue weighted by Gasteiger charge is -2.36. The van der Waals surface area contributed by atoms with Crippen LogP contribution in [0.4, 0.5) is 0 Å². The zero-order valence-electron chi connectivity index (χ0n) is 17.5. The largest absolute Gasteiger partial charge is 0.459 e. The number of hydrogen-bond donors (Lipinski definition) is 1. The van der Waals surface area contributed by atoms with Gasteiger partial charge in [0.15, 0.2) is 11.7 Å². The van der Waals surface area contributed by atoms with Crippen molar-refractivity contribution in [3.8, 4) is 0 Å². The van der Waals surface area contributed by atoms with Gasteiger partial charge < -0.3 is 24.4 Å². The first-order valence-corrected chi connectivity index (χ1v) is 10.4. The highest BCUT2D eigenvalue weighted by Gasteiger charge is 2.25. The van der Waals surface area contributed by atoms with Gasteiger partial charge in [-0.05, 0) is 19.1 Å². The van der Waals surface area contributed by atoms with Gasteiger partial charge in [0.05, 0.1) is 12.8 Å². The molecule has 3 heterocycles. The molecule has 9 heteroatoms. The average Bonchev–Trinajstić information content (AvgIpc) is 3.28. The maximum Gasteiger partial charge on any atom is 0.289 e. The van der Waals surface area contributed by atoms with Crippen LogP contribution in [0.3, 0.4) is 0 Å². The second-order valence-corrected chi connectivity index (χ2v) is 7.34. The van der Waals surface area contributed by atoms with Gasteiger partial charge in [0.2, 0.25) is 5.91 Å². The van der Waals surface area contributed by atoms with Crippen LogP contribution in [0.2, 0.25) is 0 Å². The van der Waals surface area contributed by atoms with E-state index in [2.05, 4.69) is 22.0 Å². The third-order valence-corrected chi connectivity index (χ3v) is 5.43. The van der Waals surface area contributed by atoms with E-state index in [9.17, 15) is 9.59 Å². The van der Waals surface area contributed by atoms with E-state index in [-0.39, 0.29) is 11.8 Å². The van der Waals surface area contributed by atoms with Gasteiger partial charge in [-0.1, -0.05) is 0 Å². The van der Waals surface area contributed by atoms with Crippen LogP contribution in [0.5, 0.6) is 0 Å². The molecule has 1 aromatic rings. The fraction of sp³-hybridized carbons (Fsp3) is 0.650. The minimum atomic E-state index is -0.0544. The lowest BCUT2D eigenvalue weighted by Crippen LogP contribution is -2.54. The van der Waals surface area contributed by atoms with Crippen molar-refractivity contribution in [3.63, 3.8) is 0 Å². The van der Waals surface area contributed by atoms with E-state index < -0.39 is 0 Å². The van der Waals surface area contributed by atoms with Crippen LogP contribution in [0.25, 0.3) is 0 Å². The molecule has 0 bridgehead atoms. The van der Waals surface area contributed by atoms with Gasteiger partial charge in [0.1, 0.15) is 0 Å². The molecule has 2 saturated heterocycles. The number of piperazine rings is 2. The topological polar surface area (TPSA) is 84.6 Å². The van der Waals surface area contributed by atoms with Gasteiger partial charge in [-0.25, -0.2) is 0 Å². The predicted octanol–water partition coefficient (Wildman–Crippen LogP) is 0.167. The summed E-state index contributed by atoms with van der Waals surface area (Å²) in [7, 11) is 0. The van der Waals surface area contributed by atoms with Crippen LogP contribution in [-0.2, 0) is 4.79 Å². The number of nitrogens with one attached hydrogen (secondary N) is 1. The molecule has 2 aliphatic rings. The molecule has 29 heavy (non-hydrogen) atoms. The van der Waals surface area contributed by atoms with Crippen molar-refractivity contribution < 1.29 is 14.0 Å². The normalized spacial score (nSPS) is 18.8. The Morgan fingerprint density at radius 1 is 1.03 bits per heavy atom. The highest BCUT2D eigenvalue weighted by atomic mass is 16.3. The highest BCUT2D eigenvalue weighted by Crippen LogP contribution is 2.10. The summed E-state index contributed by atoms with van der Waals surface area (Å²) < 4.78 is 5.22. The summed E-state index contributed by atoms with van der Waals surface area (Å²) in [5.74, 6) is 1.40. The number of rotatable bonds is 5. The van der Waals surface area contributed by atoms with E-state index >= 15 is 0 Å². The summed E-state index contributed by atoms with van der Waals surface area (Å²) in [6.45, 7) is 12.3. The molecule has 1 N–H and O–H groups in total. The van der Waals surface area contributed by atoms with E-state index in [1.807, 2.05) is 9.80 Å². The standard InChI is InChI=1S/C20H32N6O3/c1-3-21-20(22-6-7-23-8-10-24(11-9-23)17(2)27)26-14-12-25(13-15-26)19(28)18-5-4-16-29-18/h4-5,16H,3,6-15H2,1-2H3,(H,21,22). The Labute approximate surface area is 172 Å². The third kappa shape index (κ3) is 5.72. The monoisotopic (exact) mass is 404 g/mol. The minimum absolute atomic E-state index is 0.0544. The Kier molecular flexibility index (Phi) is 7.51. The average molecular weight is 405 g/mol. The summed E-state index contributed by atoms with van der Waals surface area (Å²) in [4.78, 5) is 36.9. The van der Waals surface area contributed by atoms with Crippen LogP contribution in [0, 0.1) is 0 Å². The second-order valence-electron chi connectivity index (χ2n) is 7.34. The number of nitrogens with zero attached hydrogens (tertiary/aromatic N) is 5. The summed E-state index contributed by atoms with van der Waals surface area (Å²) in [6, 6.07) is 3.44. The van der Waals surface area contributed by atoms with E-state index in [1.54, 1.807) is 19.1 Å². The van der Waals surface area contributed by atoms with Crippen LogP contribution < -0.4 is 5.32 Å². The minimum Gasteiger partial charge on any atom is -0.459 e. The van der Waals surface area contributed by atoms with Crippen molar-refractivity contribution >= 4 is 17.8 Å². The fourth-order valence-corrected chi connectivity index (χ4v) is 3.69. The van der Waals surface area contributed by atoms with Crippen LogP contribution in [0.1, 0.15) is 24.4 Å². The molecule has 9 nitrogen and oxygen atoms in total. The smallest absolute Gasteiger partial charge is 0.289 e. The van der Waals surface area contributed by atoms with Crippen molar-refractivity contribution in [1.82, 2.24) is 24.9 Å². The molecule has 0 unspecified atom stereocenters. The molecule has 2 aliphatic heterocycles. The molecule has 0 saturated carbocycles. The molecular formula is C20H32N6O3. The number of amides is 2. The number of guanidine groups is 1. The Hall–Kier alpha value is -2.55. The Bertz CT molecular complexity index is 689. The molecule has 3 rings (SSSR count). The molecule has 160 valence electrons. The van der Waals surface area contributed by atoms with Crippen molar-refractivity contribution in [2.24, 2.45) is 4.99 Å². The summed E-state index contributed by atoms with van der Waals surface area (Å²) in [5.41, 5.74) is 0. The van der Waals surface area contributed by atoms with Crippen molar-refractivity contribution in [2.75, 3.05) is 72.0 Å². The van der Waals surface area contributed by atoms with Crippen LogP contribution in [-0.4, -0.2) is 109 Å². The van der Waals surface area contributed by atoms with Gasteiger partial charge in [0.25, 0.3) is 5.91 Å². The quantitative estimate of drug-likeness (QED) is 0.556. The number of furan rings is 1. The maximum atomic E-state index is 12.4. The van der Waals surface area contributed by atoms with Gasteiger partial charge in [-0.15, -0.1) is 0 Å². The molecule has 0 spiro atoms. The summed E-state index contributed by atoms with van der Waals surface area (Å²) >= 11 is 0. The molecule has 2 fully saturated rings. The molecule has 1 aromatic heterocycles. The van der Waals surface area contributed by atoms with Crippen molar-refractivity contribution in [2.45, 2.75) is 13.8 Å². The molecule has 2 amide bonds. The van der Waals surface area contributed by atoms with E-state index in [4.69, 9.17) is 9.41 Å². The SMILES string of the molecule is CCNC(=NCCN1CCN(C(C)=O)CC1)N1CCN(C(=O)c2ccco2)CC1. The molecule has 0 atom stereocenters. The number of carbonyl (C=O) groups excluding carboxylic acids is 2. The van der Waals surface area contributed by atoms with Crippen LogP contribution in [0.15, 0.2) is 27.8 Å². The zero-order chi connectivity index (χ0) is 20.6. The molecular weight excluding hydrogens is 372 g/mol. The predicted molar refractivity (Wildman–Crippen MR) is 111 cm³/mol. The summed E-state index contributed by atoms with van der Waals surface area (Å²) in [5, 5.41) is 3.37. The van der Waals surface area contributed by atoms with Crippen LogP contribution >= 0.6 is 0 Å². The van der Waals surface area contributed by atoms with E-state index in [0.717, 1.165) is 58.3 Å². The molecule has 0 radical (unpaired) electrons. The maximum absolute atomic E-state index is 12.4. The van der Waals surface area contributed by atoms with Crippen molar-refractivity contribution in [3.05, 3.63) is 24.2 Å². The molecule has 0 aliphatic carbocycles. The number of carbonyl (C=O) groups is 2.